The van der Waals surface area contributed by atoms with E-state index in [1.807, 2.05) is 0 Å². The van der Waals surface area contributed by atoms with E-state index in [0.29, 0.717) is 0 Å². The van der Waals surface area contributed by atoms with Crippen LogP contribution in [-0.2, 0) is 0 Å². The van der Waals surface area contributed by atoms with Crippen LogP contribution in [0, 0.1) is 5.92 Å². The Hall–Kier alpha value is -3.38. The number of rotatable bonds is 6. The molecule has 0 nitrogen and oxygen atoms in total. The standard InChI is InChI=1S/C28H23/c1-5-13-23(14-6-1)27(24-15-7-2-8-16-24)21-22-28(25-17-9-3-10-18-25)26-19-11-4-12-20-26/h1-22,27H. The second-order valence-corrected chi connectivity index (χ2v) is 6.80. The molecule has 0 spiro atoms. The maximum Gasteiger partial charge on any atom is 0.0554 e. The summed E-state index contributed by atoms with van der Waals surface area (Å²) >= 11 is 0. The number of hydrogen-bond donors (Lipinski definition) is 0. The van der Waals surface area contributed by atoms with E-state index in [2.05, 4.69) is 133 Å². The maximum atomic E-state index is 2.32. The summed E-state index contributed by atoms with van der Waals surface area (Å²) in [7, 11) is 0. The highest BCUT2D eigenvalue weighted by molar-refractivity contribution is 5.52. The second-order valence-electron chi connectivity index (χ2n) is 6.80. The summed E-state index contributed by atoms with van der Waals surface area (Å²) in [6.45, 7) is 0. The lowest BCUT2D eigenvalue weighted by Gasteiger charge is -2.17. The molecule has 0 atom stereocenters. The molecule has 0 aliphatic carbocycles. The van der Waals surface area contributed by atoms with Gasteiger partial charge in [0.25, 0.3) is 0 Å². The summed E-state index contributed by atoms with van der Waals surface area (Å²) < 4.78 is 0. The topological polar surface area (TPSA) is 0 Å². The first-order valence-corrected chi connectivity index (χ1v) is 9.68. The average molecular weight is 359 g/mol. The van der Waals surface area contributed by atoms with Crippen molar-refractivity contribution in [2.75, 3.05) is 0 Å². The Morgan fingerprint density at radius 1 is 0.464 bits per heavy atom. The molecule has 0 amide bonds. The fourth-order valence-electron chi connectivity index (χ4n) is 3.52. The van der Waals surface area contributed by atoms with Crippen molar-refractivity contribution in [1.82, 2.24) is 0 Å². The van der Waals surface area contributed by atoms with Crippen LogP contribution in [0.25, 0.3) is 0 Å². The van der Waals surface area contributed by atoms with Gasteiger partial charge in [-0.25, -0.2) is 0 Å². The van der Waals surface area contributed by atoms with Crippen LogP contribution in [0.4, 0.5) is 0 Å². The largest absolute Gasteiger partial charge is 0.0754 e. The van der Waals surface area contributed by atoms with Crippen LogP contribution < -0.4 is 0 Å². The lowest BCUT2D eigenvalue weighted by atomic mass is 9.86. The Bertz CT molecular complexity index is 823. The van der Waals surface area contributed by atoms with Crippen molar-refractivity contribution in [3.8, 4) is 0 Å². The molecule has 0 saturated heterocycles. The van der Waals surface area contributed by atoms with E-state index in [0.717, 1.165) is 0 Å². The fraction of sp³-hybridized carbons (Fsp3) is 0.0357. The molecule has 0 N–H and O–H groups in total. The first kappa shape index (κ1) is 18.0. The van der Waals surface area contributed by atoms with Crippen molar-refractivity contribution in [1.29, 1.82) is 0 Å². The van der Waals surface area contributed by atoms with Crippen LogP contribution in [0.2, 0.25) is 0 Å². The Morgan fingerprint density at radius 3 is 1.21 bits per heavy atom. The van der Waals surface area contributed by atoms with Gasteiger partial charge in [0, 0.05) is 5.92 Å². The molecule has 0 unspecified atom stereocenters. The summed E-state index contributed by atoms with van der Waals surface area (Å²) in [6.07, 6.45) is 4.59. The van der Waals surface area contributed by atoms with E-state index in [-0.39, 0.29) is 5.92 Å². The zero-order valence-electron chi connectivity index (χ0n) is 15.8. The minimum Gasteiger partial charge on any atom is -0.0754 e. The third-order valence-electron chi connectivity index (χ3n) is 4.94. The Kier molecular flexibility index (Phi) is 5.80. The quantitative estimate of drug-likeness (QED) is 0.346. The SMILES string of the molecule is C(=CC(c1ccccc1)c1ccccc1)[C](c1ccccc1)c1ccccc1. The molecule has 0 aliphatic rings. The zero-order chi connectivity index (χ0) is 19.0. The van der Waals surface area contributed by atoms with Gasteiger partial charge in [-0.3, -0.25) is 0 Å². The summed E-state index contributed by atoms with van der Waals surface area (Å²) in [5, 5.41) is 0. The minimum absolute atomic E-state index is 0.213. The summed E-state index contributed by atoms with van der Waals surface area (Å²) in [6, 6.07) is 42.6. The molecule has 0 fully saturated rings. The monoisotopic (exact) mass is 359 g/mol. The van der Waals surface area contributed by atoms with Crippen LogP contribution in [-0.4, -0.2) is 0 Å². The van der Waals surface area contributed by atoms with Crippen molar-refractivity contribution in [3.05, 3.63) is 162 Å². The highest BCUT2D eigenvalue weighted by Crippen LogP contribution is 2.30. The smallest absolute Gasteiger partial charge is 0.0554 e. The van der Waals surface area contributed by atoms with Crippen molar-refractivity contribution < 1.29 is 0 Å². The molecule has 0 aliphatic heterocycles. The van der Waals surface area contributed by atoms with Gasteiger partial charge in [0.05, 0.1) is 5.92 Å². The molecule has 0 heterocycles. The number of benzene rings is 4. The normalized spacial score (nSPS) is 11.4. The van der Waals surface area contributed by atoms with Gasteiger partial charge in [-0.15, -0.1) is 0 Å². The molecule has 0 saturated carbocycles. The second kappa shape index (κ2) is 9.01. The summed E-state index contributed by atoms with van der Waals surface area (Å²) in [5.41, 5.74) is 5.05. The predicted octanol–water partition coefficient (Wildman–Crippen LogP) is 7.05. The van der Waals surface area contributed by atoms with E-state index in [1.165, 1.54) is 28.2 Å². The molecule has 4 aromatic carbocycles. The minimum atomic E-state index is 0.213. The van der Waals surface area contributed by atoms with Crippen molar-refractivity contribution in [2.24, 2.45) is 0 Å². The molecule has 28 heavy (non-hydrogen) atoms. The first-order chi connectivity index (χ1) is 13.9. The summed E-state index contributed by atoms with van der Waals surface area (Å²) in [5.74, 6) is 1.45. The third kappa shape index (κ3) is 4.29. The van der Waals surface area contributed by atoms with E-state index in [9.17, 15) is 0 Å². The Balaban J connectivity index is 1.75. The van der Waals surface area contributed by atoms with Crippen LogP contribution in [0.15, 0.2) is 133 Å². The fourth-order valence-corrected chi connectivity index (χ4v) is 3.52. The van der Waals surface area contributed by atoms with Crippen molar-refractivity contribution in [3.63, 3.8) is 0 Å². The van der Waals surface area contributed by atoms with Gasteiger partial charge in [-0.05, 0) is 22.3 Å². The summed E-state index contributed by atoms with van der Waals surface area (Å²) in [4.78, 5) is 0. The van der Waals surface area contributed by atoms with E-state index in [1.54, 1.807) is 0 Å². The number of hydrogen-bond acceptors (Lipinski definition) is 0. The van der Waals surface area contributed by atoms with Gasteiger partial charge < -0.3 is 0 Å². The van der Waals surface area contributed by atoms with Gasteiger partial charge in [-0.2, -0.15) is 0 Å². The van der Waals surface area contributed by atoms with E-state index >= 15 is 0 Å². The molecule has 1 radical (unpaired) electrons. The van der Waals surface area contributed by atoms with E-state index in [4.69, 9.17) is 0 Å². The molecule has 0 heteroatoms. The van der Waals surface area contributed by atoms with Gasteiger partial charge in [0.2, 0.25) is 0 Å². The molecule has 135 valence electrons. The van der Waals surface area contributed by atoms with Gasteiger partial charge in [0.15, 0.2) is 0 Å². The van der Waals surface area contributed by atoms with E-state index < -0.39 is 0 Å². The highest BCUT2D eigenvalue weighted by atomic mass is 14.2. The Labute approximate surface area is 167 Å². The highest BCUT2D eigenvalue weighted by Gasteiger charge is 2.15. The molecular formula is C28H23. The lowest BCUT2D eigenvalue weighted by molar-refractivity contribution is 1.02. The lowest BCUT2D eigenvalue weighted by Crippen LogP contribution is -2.02. The van der Waals surface area contributed by atoms with Crippen LogP contribution in [0.1, 0.15) is 28.2 Å². The van der Waals surface area contributed by atoms with Crippen LogP contribution >= 0.6 is 0 Å². The average Bonchev–Trinajstić information content (AvgIpc) is 2.79. The predicted molar refractivity (Wildman–Crippen MR) is 118 cm³/mol. The molecular weight excluding hydrogens is 336 g/mol. The van der Waals surface area contributed by atoms with Crippen molar-refractivity contribution >= 4 is 0 Å². The van der Waals surface area contributed by atoms with Gasteiger partial charge >= 0.3 is 0 Å². The molecule has 4 rings (SSSR count). The molecule has 0 aromatic heterocycles. The third-order valence-corrected chi connectivity index (χ3v) is 4.94. The first-order valence-electron chi connectivity index (χ1n) is 9.68. The van der Waals surface area contributed by atoms with Gasteiger partial charge in [0.1, 0.15) is 0 Å². The maximum absolute atomic E-state index is 2.32. The molecule has 0 bridgehead atoms. The van der Waals surface area contributed by atoms with Crippen LogP contribution in [0.3, 0.4) is 0 Å². The molecule has 4 aromatic rings. The number of allylic oxidation sites excluding steroid dienone is 2. The Morgan fingerprint density at radius 2 is 0.821 bits per heavy atom. The van der Waals surface area contributed by atoms with Gasteiger partial charge in [-0.1, -0.05) is 133 Å². The van der Waals surface area contributed by atoms with Crippen molar-refractivity contribution in [2.45, 2.75) is 5.92 Å². The zero-order valence-corrected chi connectivity index (χ0v) is 15.8. The van der Waals surface area contributed by atoms with Crippen LogP contribution in [0.5, 0.6) is 0 Å².